The maximum absolute atomic E-state index is 12.8. The highest BCUT2D eigenvalue weighted by atomic mass is 19.1. The molecule has 4 N–H and O–H groups in total. The second kappa shape index (κ2) is 6.33. The van der Waals surface area contributed by atoms with Gasteiger partial charge in [0.25, 0.3) is 0 Å². The van der Waals surface area contributed by atoms with Crippen molar-refractivity contribution in [1.82, 2.24) is 0 Å². The summed E-state index contributed by atoms with van der Waals surface area (Å²) in [5.41, 5.74) is 11.1. The summed E-state index contributed by atoms with van der Waals surface area (Å²) in [6.07, 6.45) is 1.47. The third kappa shape index (κ3) is 3.81. The minimum atomic E-state index is -0.319. The number of halogens is 1. The van der Waals surface area contributed by atoms with Crippen molar-refractivity contribution in [2.75, 3.05) is 0 Å². The van der Waals surface area contributed by atoms with Crippen LogP contribution in [0.2, 0.25) is 0 Å². The van der Waals surface area contributed by atoms with Crippen LogP contribution in [-0.4, -0.2) is 12.2 Å². The van der Waals surface area contributed by atoms with E-state index < -0.39 is 0 Å². The first kappa shape index (κ1) is 13.5. The molecule has 20 heavy (non-hydrogen) atoms. The Hall–Kier alpha value is -2.89. The molecule has 0 aromatic heterocycles. The lowest BCUT2D eigenvalue weighted by Crippen LogP contribution is -2.21. The van der Waals surface area contributed by atoms with Crippen LogP contribution in [0, 0.1) is 5.82 Å². The number of ether oxygens (including phenoxy) is 1. The van der Waals surface area contributed by atoms with Gasteiger partial charge in [0.15, 0.2) is 0 Å². The van der Waals surface area contributed by atoms with Gasteiger partial charge in [0.05, 0.1) is 6.21 Å². The Kier molecular flexibility index (Phi) is 4.28. The Labute approximate surface area is 115 Å². The zero-order valence-electron chi connectivity index (χ0n) is 10.5. The molecule has 0 spiro atoms. The second-order valence-corrected chi connectivity index (χ2v) is 3.86. The van der Waals surface area contributed by atoms with Gasteiger partial charge in [0, 0.05) is 5.56 Å². The summed E-state index contributed by atoms with van der Waals surface area (Å²) < 4.78 is 18.5. The Balaban J connectivity index is 2.21. The molecule has 0 atom stereocenters. The third-order valence-electron chi connectivity index (χ3n) is 2.33. The average molecular weight is 272 g/mol. The Morgan fingerprint density at radius 2 is 1.75 bits per heavy atom. The second-order valence-electron chi connectivity index (χ2n) is 3.86. The molecule has 5 nitrogen and oxygen atoms in total. The Bertz CT molecular complexity index is 634. The summed E-state index contributed by atoms with van der Waals surface area (Å²) in [4.78, 5) is 0. The molecule has 102 valence electrons. The van der Waals surface area contributed by atoms with Crippen LogP contribution < -0.4 is 16.2 Å². The van der Waals surface area contributed by atoms with E-state index in [-0.39, 0.29) is 11.8 Å². The molecular weight excluding hydrogens is 259 g/mol. The number of rotatable bonds is 4. The minimum absolute atomic E-state index is 0.127. The number of nitrogens with two attached hydrogens (primary N) is 2. The van der Waals surface area contributed by atoms with Crippen molar-refractivity contribution in [2.24, 2.45) is 21.7 Å². The van der Waals surface area contributed by atoms with Crippen LogP contribution in [0.5, 0.6) is 11.5 Å². The van der Waals surface area contributed by atoms with Crippen LogP contribution >= 0.6 is 0 Å². The van der Waals surface area contributed by atoms with Gasteiger partial charge in [0.1, 0.15) is 17.3 Å². The SMILES string of the molecule is NC(N)=NN=Cc1ccccc1Oc1ccc(F)cc1. The standard InChI is InChI=1S/C14H13FN4O/c15-11-5-7-12(8-6-11)20-13-4-2-1-3-10(13)9-18-19-14(16)17/h1-9H,(H4,16,17,19). The van der Waals surface area contributed by atoms with E-state index in [1.54, 1.807) is 24.3 Å². The summed E-state index contributed by atoms with van der Waals surface area (Å²) >= 11 is 0. The van der Waals surface area contributed by atoms with Gasteiger partial charge in [-0.15, -0.1) is 5.10 Å². The Morgan fingerprint density at radius 3 is 2.45 bits per heavy atom. The van der Waals surface area contributed by atoms with Crippen LogP contribution in [0.25, 0.3) is 0 Å². The highest BCUT2D eigenvalue weighted by Crippen LogP contribution is 2.24. The number of hydrogen-bond donors (Lipinski definition) is 2. The topological polar surface area (TPSA) is 86.0 Å². The van der Waals surface area contributed by atoms with Gasteiger partial charge in [-0.2, -0.15) is 5.10 Å². The number of guanidine groups is 1. The Morgan fingerprint density at radius 1 is 1.05 bits per heavy atom. The van der Waals surface area contributed by atoms with E-state index in [1.165, 1.54) is 18.3 Å². The van der Waals surface area contributed by atoms with E-state index in [4.69, 9.17) is 16.2 Å². The van der Waals surface area contributed by atoms with Crippen molar-refractivity contribution in [1.29, 1.82) is 0 Å². The first-order valence-electron chi connectivity index (χ1n) is 5.79. The molecule has 0 radical (unpaired) electrons. The molecule has 0 aliphatic carbocycles. The van der Waals surface area contributed by atoms with Crippen LogP contribution in [0.4, 0.5) is 4.39 Å². The summed E-state index contributed by atoms with van der Waals surface area (Å²) in [6, 6.07) is 12.9. The van der Waals surface area contributed by atoms with Gasteiger partial charge in [-0.3, -0.25) is 0 Å². The first-order valence-corrected chi connectivity index (χ1v) is 5.79. The molecule has 0 saturated carbocycles. The molecule has 0 saturated heterocycles. The predicted molar refractivity (Wildman–Crippen MR) is 76.3 cm³/mol. The van der Waals surface area contributed by atoms with Crippen LogP contribution in [0.1, 0.15) is 5.56 Å². The minimum Gasteiger partial charge on any atom is -0.457 e. The third-order valence-corrected chi connectivity index (χ3v) is 2.33. The maximum Gasteiger partial charge on any atom is 0.211 e. The van der Waals surface area contributed by atoms with Crippen molar-refractivity contribution < 1.29 is 9.13 Å². The lowest BCUT2D eigenvalue weighted by molar-refractivity contribution is 0.480. The van der Waals surface area contributed by atoms with E-state index in [0.29, 0.717) is 17.1 Å². The fraction of sp³-hybridized carbons (Fsp3) is 0. The molecule has 0 aliphatic rings. The predicted octanol–water partition coefficient (Wildman–Crippen LogP) is 2.23. The summed E-state index contributed by atoms with van der Waals surface area (Å²) in [6.45, 7) is 0. The highest BCUT2D eigenvalue weighted by molar-refractivity contribution is 5.84. The lowest BCUT2D eigenvalue weighted by Gasteiger charge is -2.07. The number of benzene rings is 2. The fourth-order valence-electron chi connectivity index (χ4n) is 1.47. The van der Waals surface area contributed by atoms with Gasteiger partial charge >= 0.3 is 0 Å². The molecule has 0 fully saturated rings. The van der Waals surface area contributed by atoms with Gasteiger partial charge in [-0.1, -0.05) is 12.1 Å². The molecule has 0 aliphatic heterocycles. The molecule has 0 heterocycles. The zero-order chi connectivity index (χ0) is 14.4. The van der Waals surface area contributed by atoms with Crippen molar-refractivity contribution in [3.05, 3.63) is 59.9 Å². The first-order chi connectivity index (χ1) is 9.65. The summed E-state index contributed by atoms with van der Waals surface area (Å²) in [5.74, 6) is 0.640. The smallest absolute Gasteiger partial charge is 0.211 e. The molecule has 2 rings (SSSR count). The highest BCUT2D eigenvalue weighted by Gasteiger charge is 2.02. The van der Waals surface area contributed by atoms with E-state index in [0.717, 1.165) is 0 Å². The molecule has 2 aromatic carbocycles. The molecule has 0 unspecified atom stereocenters. The van der Waals surface area contributed by atoms with Crippen LogP contribution in [0.15, 0.2) is 58.7 Å². The van der Waals surface area contributed by atoms with E-state index in [1.807, 2.05) is 12.1 Å². The van der Waals surface area contributed by atoms with Crippen molar-refractivity contribution in [2.45, 2.75) is 0 Å². The van der Waals surface area contributed by atoms with Gasteiger partial charge in [-0.25, -0.2) is 4.39 Å². The van der Waals surface area contributed by atoms with Gasteiger partial charge < -0.3 is 16.2 Å². The molecule has 0 amide bonds. The average Bonchev–Trinajstić information content (AvgIpc) is 2.43. The van der Waals surface area contributed by atoms with Gasteiger partial charge in [0.2, 0.25) is 5.96 Å². The van der Waals surface area contributed by atoms with Gasteiger partial charge in [-0.05, 0) is 36.4 Å². The van der Waals surface area contributed by atoms with E-state index >= 15 is 0 Å². The van der Waals surface area contributed by atoms with Crippen LogP contribution in [0.3, 0.4) is 0 Å². The normalized spacial score (nSPS) is 10.4. The maximum atomic E-state index is 12.8. The zero-order valence-corrected chi connectivity index (χ0v) is 10.5. The lowest BCUT2D eigenvalue weighted by atomic mass is 10.2. The monoisotopic (exact) mass is 272 g/mol. The van der Waals surface area contributed by atoms with Crippen molar-refractivity contribution in [3.63, 3.8) is 0 Å². The quantitative estimate of drug-likeness (QED) is 0.508. The van der Waals surface area contributed by atoms with Crippen molar-refractivity contribution in [3.8, 4) is 11.5 Å². The fourth-order valence-corrected chi connectivity index (χ4v) is 1.47. The van der Waals surface area contributed by atoms with E-state index in [2.05, 4.69) is 10.2 Å². The molecule has 0 bridgehead atoms. The van der Waals surface area contributed by atoms with Crippen LogP contribution in [-0.2, 0) is 0 Å². The summed E-state index contributed by atoms with van der Waals surface area (Å²) in [5, 5.41) is 7.25. The molecule has 2 aromatic rings. The summed E-state index contributed by atoms with van der Waals surface area (Å²) in [7, 11) is 0. The number of hydrogen-bond acceptors (Lipinski definition) is 3. The van der Waals surface area contributed by atoms with Crippen molar-refractivity contribution >= 4 is 12.2 Å². The molecular formula is C14H13FN4O. The molecule has 6 heteroatoms. The van der Waals surface area contributed by atoms with E-state index in [9.17, 15) is 4.39 Å². The largest absolute Gasteiger partial charge is 0.457 e. The number of nitrogens with zero attached hydrogens (tertiary/aromatic N) is 2. The number of para-hydroxylation sites is 1.